The van der Waals surface area contributed by atoms with Crippen LogP contribution in [0.5, 0.6) is 0 Å². The van der Waals surface area contributed by atoms with Gasteiger partial charge < -0.3 is 20.6 Å². The van der Waals surface area contributed by atoms with Crippen LogP contribution in [0.1, 0.15) is 31.9 Å². The number of carbonyl (C=O) groups is 2. The smallest absolute Gasteiger partial charge is 0.408 e. The highest BCUT2D eigenvalue weighted by Gasteiger charge is 2.32. The second kappa shape index (κ2) is 8.68. The number of nitriles is 1. The van der Waals surface area contributed by atoms with Crippen LogP contribution < -0.4 is 11.1 Å². The third kappa shape index (κ3) is 5.66. The van der Waals surface area contributed by atoms with E-state index in [1.165, 1.54) is 0 Å². The first-order chi connectivity index (χ1) is 13.2. The molecule has 6 nitrogen and oxygen atoms in total. The lowest BCUT2D eigenvalue weighted by atomic mass is 9.91. The van der Waals surface area contributed by atoms with E-state index < -0.39 is 17.2 Å². The quantitative estimate of drug-likeness (QED) is 0.750. The zero-order chi connectivity index (χ0) is 20.8. The molecule has 0 saturated heterocycles. The molecule has 6 heteroatoms. The average Bonchev–Trinajstić information content (AvgIpc) is 2.66. The van der Waals surface area contributed by atoms with Gasteiger partial charge in [-0.15, -0.1) is 0 Å². The number of hydrogen-bond donors (Lipinski definition) is 2. The third-order valence-corrected chi connectivity index (χ3v) is 4.16. The highest BCUT2D eigenvalue weighted by atomic mass is 16.6. The van der Waals surface area contributed by atoms with Gasteiger partial charge in [0.25, 0.3) is 0 Å². The molecule has 0 aromatic heterocycles. The van der Waals surface area contributed by atoms with Gasteiger partial charge in [-0.1, -0.05) is 36.4 Å². The fourth-order valence-corrected chi connectivity index (χ4v) is 2.71. The number of nitrogens with zero attached hydrogens (tertiary/aromatic N) is 1. The Morgan fingerprint density at radius 1 is 1.11 bits per heavy atom. The van der Waals surface area contributed by atoms with Crippen molar-refractivity contribution in [1.82, 2.24) is 5.32 Å². The van der Waals surface area contributed by atoms with Gasteiger partial charge in [-0.25, -0.2) is 4.79 Å². The maximum Gasteiger partial charge on any atom is 0.408 e. The molecule has 2 aromatic carbocycles. The second-order valence-corrected chi connectivity index (χ2v) is 7.67. The number of ether oxygens (including phenoxy) is 1. The Morgan fingerprint density at radius 2 is 1.64 bits per heavy atom. The molecule has 1 atom stereocenters. The van der Waals surface area contributed by atoms with Gasteiger partial charge in [-0.05, 0) is 49.6 Å². The molecule has 0 aliphatic carbocycles. The van der Waals surface area contributed by atoms with Crippen LogP contribution in [-0.4, -0.2) is 30.1 Å². The normalized spacial score (nSPS) is 13.1. The number of hydrogen-bond acceptors (Lipinski definition) is 5. The van der Waals surface area contributed by atoms with Crippen LogP contribution >= 0.6 is 0 Å². The van der Waals surface area contributed by atoms with Crippen LogP contribution in [-0.2, 0) is 16.0 Å². The monoisotopic (exact) mass is 379 g/mol. The lowest BCUT2D eigenvalue weighted by Crippen LogP contribution is -2.57. The van der Waals surface area contributed by atoms with E-state index in [4.69, 9.17) is 15.7 Å². The Morgan fingerprint density at radius 3 is 2.07 bits per heavy atom. The Balaban J connectivity index is 2.15. The maximum absolute atomic E-state index is 12.1. The number of nitrogens with two attached hydrogens (primary N) is 1. The van der Waals surface area contributed by atoms with Gasteiger partial charge in [-0.3, -0.25) is 0 Å². The summed E-state index contributed by atoms with van der Waals surface area (Å²) < 4.78 is 5.24. The first kappa shape index (κ1) is 21.1. The van der Waals surface area contributed by atoms with E-state index in [0.717, 1.165) is 16.7 Å². The van der Waals surface area contributed by atoms with Crippen LogP contribution in [0.25, 0.3) is 11.1 Å². The standard InChI is InChI=1S/C22H25N3O3/c1-21(2,3)28-20(27)25-22(14-24,15-26)12-16-4-8-18(9-5-16)19-10-6-17(13-23)7-11-19/h4-11,15H,12,14,24H2,1-3H3,(H,25,27). The second-order valence-electron chi connectivity index (χ2n) is 7.67. The molecule has 3 N–H and O–H groups in total. The lowest BCUT2D eigenvalue weighted by Gasteiger charge is -2.29. The summed E-state index contributed by atoms with van der Waals surface area (Å²) in [5, 5.41) is 11.5. The minimum atomic E-state index is -1.24. The molecule has 0 aliphatic rings. The molecule has 2 aromatic rings. The average molecular weight is 379 g/mol. The summed E-state index contributed by atoms with van der Waals surface area (Å²) in [5.41, 5.74) is 7.32. The predicted molar refractivity (Wildman–Crippen MR) is 108 cm³/mol. The molecule has 2 rings (SSSR count). The molecule has 0 heterocycles. The van der Waals surface area contributed by atoms with Crippen LogP contribution in [0.15, 0.2) is 48.5 Å². The van der Waals surface area contributed by atoms with E-state index in [-0.39, 0.29) is 13.0 Å². The number of aldehydes is 1. The van der Waals surface area contributed by atoms with Crippen molar-refractivity contribution in [3.63, 3.8) is 0 Å². The Hall–Kier alpha value is -3.17. The van der Waals surface area contributed by atoms with E-state index in [2.05, 4.69) is 11.4 Å². The van der Waals surface area contributed by atoms with Crippen molar-refractivity contribution in [2.45, 2.75) is 38.3 Å². The van der Waals surface area contributed by atoms with Crippen molar-refractivity contribution < 1.29 is 14.3 Å². The summed E-state index contributed by atoms with van der Waals surface area (Å²) in [4.78, 5) is 23.8. The van der Waals surface area contributed by atoms with Gasteiger partial charge in [0.15, 0.2) is 0 Å². The van der Waals surface area contributed by atoms with Crippen molar-refractivity contribution in [3.8, 4) is 17.2 Å². The number of benzene rings is 2. The predicted octanol–water partition coefficient (Wildman–Crippen LogP) is 3.19. The van der Waals surface area contributed by atoms with Crippen molar-refractivity contribution in [2.24, 2.45) is 5.73 Å². The van der Waals surface area contributed by atoms with Gasteiger partial charge in [0.2, 0.25) is 0 Å². The fourth-order valence-electron chi connectivity index (χ4n) is 2.71. The Bertz CT molecular complexity index is 862. The topological polar surface area (TPSA) is 105 Å². The SMILES string of the molecule is CC(C)(C)OC(=O)NC(C=O)(CN)Cc1ccc(-c2ccc(C#N)cc2)cc1. The molecule has 146 valence electrons. The molecule has 0 radical (unpaired) electrons. The number of rotatable bonds is 6. The van der Waals surface area contributed by atoms with E-state index >= 15 is 0 Å². The van der Waals surface area contributed by atoms with Crippen LogP contribution in [0.3, 0.4) is 0 Å². The molecule has 28 heavy (non-hydrogen) atoms. The number of amides is 1. The van der Waals surface area contributed by atoms with E-state index in [9.17, 15) is 9.59 Å². The van der Waals surface area contributed by atoms with Crippen molar-refractivity contribution in [1.29, 1.82) is 5.26 Å². The summed E-state index contributed by atoms with van der Waals surface area (Å²) in [6, 6.07) is 17.0. The first-order valence-electron chi connectivity index (χ1n) is 8.97. The summed E-state index contributed by atoms with van der Waals surface area (Å²) in [6.07, 6.45) is 0.227. The highest BCUT2D eigenvalue weighted by molar-refractivity contribution is 5.77. The molecule has 0 spiro atoms. The number of carbonyl (C=O) groups excluding carboxylic acids is 2. The molecule has 0 bridgehead atoms. The van der Waals surface area contributed by atoms with Gasteiger partial charge in [0, 0.05) is 13.0 Å². The Labute approximate surface area is 165 Å². The molecular weight excluding hydrogens is 354 g/mol. The Kier molecular flexibility index (Phi) is 6.55. The first-order valence-corrected chi connectivity index (χ1v) is 8.97. The van der Waals surface area contributed by atoms with Crippen molar-refractivity contribution in [3.05, 3.63) is 59.7 Å². The fraction of sp³-hybridized carbons (Fsp3) is 0.318. The van der Waals surface area contributed by atoms with Crippen molar-refractivity contribution in [2.75, 3.05) is 6.54 Å². The summed E-state index contributed by atoms with van der Waals surface area (Å²) in [5.74, 6) is 0. The third-order valence-electron chi connectivity index (χ3n) is 4.16. The minimum absolute atomic E-state index is 0.0485. The van der Waals surface area contributed by atoms with Crippen LogP contribution in [0.4, 0.5) is 4.79 Å². The molecule has 0 aliphatic heterocycles. The maximum atomic E-state index is 12.1. The van der Waals surface area contributed by atoms with Crippen LogP contribution in [0, 0.1) is 11.3 Å². The molecule has 0 fully saturated rings. The molecule has 1 amide bonds. The minimum Gasteiger partial charge on any atom is -0.444 e. The lowest BCUT2D eigenvalue weighted by molar-refractivity contribution is -0.113. The highest BCUT2D eigenvalue weighted by Crippen LogP contribution is 2.22. The largest absolute Gasteiger partial charge is 0.444 e. The van der Waals surface area contributed by atoms with Crippen molar-refractivity contribution >= 4 is 12.4 Å². The number of alkyl carbamates (subject to hydrolysis) is 1. The number of nitrogens with one attached hydrogen (secondary N) is 1. The molecular formula is C22H25N3O3. The van der Waals surface area contributed by atoms with E-state index in [1.807, 2.05) is 36.4 Å². The van der Waals surface area contributed by atoms with Crippen LogP contribution in [0.2, 0.25) is 0 Å². The zero-order valence-electron chi connectivity index (χ0n) is 16.4. The van der Waals surface area contributed by atoms with Gasteiger partial charge in [0.1, 0.15) is 17.4 Å². The zero-order valence-corrected chi connectivity index (χ0v) is 16.4. The van der Waals surface area contributed by atoms with Gasteiger partial charge >= 0.3 is 6.09 Å². The van der Waals surface area contributed by atoms with E-state index in [0.29, 0.717) is 11.8 Å². The molecule has 1 unspecified atom stereocenters. The van der Waals surface area contributed by atoms with Gasteiger partial charge in [0.05, 0.1) is 11.6 Å². The molecule has 0 saturated carbocycles. The van der Waals surface area contributed by atoms with E-state index in [1.54, 1.807) is 32.9 Å². The summed E-state index contributed by atoms with van der Waals surface area (Å²) in [7, 11) is 0. The van der Waals surface area contributed by atoms with Gasteiger partial charge in [-0.2, -0.15) is 5.26 Å². The summed E-state index contributed by atoms with van der Waals surface area (Å²) in [6.45, 7) is 5.20. The summed E-state index contributed by atoms with van der Waals surface area (Å²) >= 11 is 0.